The molecule has 0 nitrogen and oxygen atoms in total. The van der Waals surface area contributed by atoms with Gasteiger partial charge in [0.05, 0.1) is 0 Å². The van der Waals surface area contributed by atoms with Crippen molar-refractivity contribution in [3.63, 3.8) is 0 Å². The lowest BCUT2D eigenvalue weighted by Crippen LogP contribution is -1.90. The van der Waals surface area contributed by atoms with Gasteiger partial charge in [-0.1, -0.05) is 68.1 Å². The van der Waals surface area contributed by atoms with Crippen LogP contribution in [0.3, 0.4) is 0 Å². The summed E-state index contributed by atoms with van der Waals surface area (Å²) in [5.41, 5.74) is 5.12. The van der Waals surface area contributed by atoms with Crippen LogP contribution in [0.5, 0.6) is 0 Å². The molecule has 0 saturated carbocycles. The fourth-order valence-electron chi connectivity index (χ4n) is 1.92. The smallest absolute Gasteiger partial charge is 0.00257 e. The molecule has 0 atom stereocenters. The first kappa shape index (κ1) is 11.7. The number of benzene rings is 2. The Labute approximate surface area is 104 Å². The van der Waals surface area contributed by atoms with E-state index >= 15 is 0 Å². The Bertz CT molecular complexity index is 477. The van der Waals surface area contributed by atoms with Crippen LogP contribution in [-0.4, -0.2) is 0 Å². The molecule has 2 aromatic carbocycles. The van der Waals surface area contributed by atoms with Gasteiger partial charge in [-0.3, -0.25) is 0 Å². The topological polar surface area (TPSA) is 0 Å². The lowest BCUT2D eigenvalue weighted by molar-refractivity contribution is 1.13. The minimum Gasteiger partial charge on any atom is -0.0949 e. The van der Waals surface area contributed by atoms with Crippen molar-refractivity contribution in [1.29, 1.82) is 0 Å². The summed E-state index contributed by atoms with van der Waals surface area (Å²) in [6.07, 6.45) is 2.02. The maximum atomic E-state index is 4.16. The van der Waals surface area contributed by atoms with Crippen LogP contribution in [0.4, 0.5) is 0 Å². The Morgan fingerprint density at radius 3 is 2.06 bits per heavy atom. The first-order valence-electron chi connectivity index (χ1n) is 6.10. The van der Waals surface area contributed by atoms with Gasteiger partial charge in [0.1, 0.15) is 0 Å². The summed E-state index contributed by atoms with van der Waals surface area (Å²) in [6.45, 7) is 6.34. The van der Waals surface area contributed by atoms with Gasteiger partial charge in [0.25, 0.3) is 0 Å². The van der Waals surface area contributed by atoms with E-state index in [9.17, 15) is 0 Å². The number of rotatable bonds is 4. The highest BCUT2D eigenvalue weighted by Crippen LogP contribution is 2.17. The van der Waals surface area contributed by atoms with E-state index in [2.05, 4.69) is 62.0 Å². The first-order valence-corrected chi connectivity index (χ1v) is 6.10. The van der Waals surface area contributed by atoms with E-state index in [4.69, 9.17) is 0 Å². The van der Waals surface area contributed by atoms with E-state index in [0.717, 1.165) is 12.8 Å². The summed E-state index contributed by atoms with van der Waals surface area (Å²) in [5.74, 6) is 0. The normalized spacial score (nSPS) is 10.2. The molecule has 0 bridgehead atoms. The highest BCUT2D eigenvalue weighted by atomic mass is 14.0. The molecule has 17 heavy (non-hydrogen) atoms. The van der Waals surface area contributed by atoms with E-state index in [1.165, 1.54) is 22.3 Å². The lowest BCUT2D eigenvalue weighted by Gasteiger charge is -2.06. The van der Waals surface area contributed by atoms with Crippen LogP contribution in [0.1, 0.15) is 23.6 Å². The Morgan fingerprint density at radius 2 is 1.47 bits per heavy atom. The van der Waals surface area contributed by atoms with Gasteiger partial charge in [0, 0.05) is 0 Å². The number of aryl methyl sites for hydroxylation is 1. The number of allylic oxidation sites excluding steroid dienone is 1. The van der Waals surface area contributed by atoms with Crippen LogP contribution in [0.2, 0.25) is 0 Å². The standard InChI is InChI=1S/C17H18/c1-3-15-9-11-16(12-10-15)13-14(2)17-7-5-4-6-8-17/h4-12H,2-3,13H2,1H3. The molecular weight excluding hydrogens is 204 g/mol. The minimum atomic E-state index is 0.925. The molecule has 2 aromatic rings. The van der Waals surface area contributed by atoms with Crippen molar-refractivity contribution in [1.82, 2.24) is 0 Å². The fourth-order valence-corrected chi connectivity index (χ4v) is 1.92. The van der Waals surface area contributed by atoms with Crippen molar-refractivity contribution in [2.45, 2.75) is 19.8 Å². The van der Waals surface area contributed by atoms with Gasteiger partial charge in [-0.15, -0.1) is 0 Å². The molecule has 0 radical (unpaired) electrons. The number of hydrogen-bond acceptors (Lipinski definition) is 0. The maximum Gasteiger partial charge on any atom is -0.00257 e. The fraction of sp³-hybridized carbons (Fsp3) is 0.176. The molecule has 0 saturated heterocycles. The zero-order valence-electron chi connectivity index (χ0n) is 10.3. The predicted octanol–water partition coefficient (Wildman–Crippen LogP) is 4.50. The molecule has 0 aliphatic rings. The molecule has 86 valence electrons. The third kappa shape index (κ3) is 3.07. The van der Waals surface area contributed by atoms with Crippen LogP contribution < -0.4 is 0 Å². The van der Waals surface area contributed by atoms with E-state index in [1.54, 1.807) is 0 Å². The van der Waals surface area contributed by atoms with Gasteiger partial charge in [-0.05, 0) is 35.1 Å². The van der Waals surface area contributed by atoms with Crippen molar-refractivity contribution in [2.75, 3.05) is 0 Å². The van der Waals surface area contributed by atoms with E-state index in [-0.39, 0.29) is 0 Å². The maximum absolute atomic E-state index is 4.16. The van der Waals surface area contributed by atoms with Gasteiger partial charge in [0.15, 0.2) is 0 Å². The highest BCUT2D eigenvalue weighted by Gasteiger charge is 2.00. The zero-order valence-corrected chi connectivity index (χ0v) is 10.3. The van der Waals surface area contributed by atoms with Gasteiger partial charge in [0.2, 0.25) is 0 Å². The summed E-state index contributed by atoms with van der Waals surface area (Å²) in [6, 6.07) is 19.2. The van der Waals surface area contributed by atoms with Crippen LogP contribution in [0, 0.1) is 0 Å². The van der Waals surface area contributed by atoms with Gasteiger partial charge in [-0.2, -0.15) is 0 Å². The zero-order chi connectivity index (χ0) is 12.1. The van der Waals surface area contributed by atoms with E-state index in [1.807, 2.05) is 6.07 Å². The van der Waals surface area contributed by atoms with Crippen LogP contribution in [0.25, 0.3) is 5.57 Å². The molecule has 0 spiro atoms. The van der Waals surface area contributed by atoms with Gasteiger partial charge >= 0.3 is 0 Å². The van der Waals surface area contributed by atoms with Crippen molar-refractivity contribution < 1.29 is 0 Å². The Kier molecular flexibility index (Phi) is 3.77. The molecule has 0 heteroatoms. The molecule has 0 heterocycles. The van der Waals surface area contributed by atoms with Gasteiger partial charge < -0.3 is 0 Å². The summed E-state index contributed by atoms with van der Waals surface area (Å²) >= 11 is 0. The Morgan fingerprint density at radius 1 is 0.882 bits per heavy atom. The molecular formula is C17H18. The Hall–Kier alpha value is -1.82. The average Bonchev–Trinajstić information content (AvgIpc) is 2.40. The van der Waals surface area contributed by atoms with Crippen LogP contribution in [0.15, 0.2) is 61.2 Å². The van der Waals surface area contributed by atoms with E-state index in [0.29, 0.717) is 0 Å². The summed E-state index contributed by atoms with van der Waals surface area (Å²) in [5, 5.41) is 0. The second-order valence-corrected chi connectivity index (χ2v) is 4.32. The molecule has 0 aliphatic carbocycles. The molecule has 0 fully saturated rings. The second kappa shape index (κ2) is 5.49. The predicted molar refractivity (Wildman–Crippen MR) is 75.0 cm³/mol. The molecule has 2 rings (SSSR count). The third-order valence-corrected chi connectivity index (χ3v) is 3.03. The van der Waals surface area contributed by atoms with Crippen molar-refractivity contribution in [2.24, 2.45) is 0 Å². The molecule has 0 aromatic heterocycles. The lowest BCUT2D eigenvalue weighted by atomic mass is 9.99. The van der Waals surface area contributed by atoms with Crippen LogP contribution >= 0.6 is 0 Å². The summed E-state index contributed by atoms with van der Waals surface area (Å²) in [7, 11) is 0. The summed E-state index contributed by atoms with van der Waals surface area (Å²) < 4.78 is 0. The molecule has 0 unspecified atom stereocenters. The van der Waals surface area contributed by atoms with Crippen molar-refractivity contribution in [3.05, 3.63) is 77.9 Å². The molecule has 0 N–H and O–H groups in total. The second-order valence-electron chi connectivity index (χ2n) is 4.32. The van der Waals surface area contributed by atoms with E-state index < -0.39 is 0 Å². The number of hydrogen-bond donors (Lipinski definition) is 0. The minimum absolute atomic E-state index is 0.925. The quantitative estimate of drug-likeness (QED) is 0.714. The summed E-state index contributed by atoms with van der Waals surface area (Å²) in [4.78, 5) is 0. The largest absolute Gasteiger partial charge is 0.0949 e. The highest BCUT2D eigenvalue weighted by molar-refractivity contribution is 5.65. The Balaban J connectivity index is 2.08. The molecule has 0 amide bonds. The van der Waals surface area contributed by atoms with Crippen molar-refractivity contribution >= 4 is 5.57 Å². The van der Waals surface area contributed by atoms with Gasteiger partial charge in [-0.25, -0.2) is 0 Å². The monoisotopic (exact) mass is 222 g/mol. The van der Waals surface area contributed by atoms with Crippen molar-refractivity contribution in [3.8, 4) is 0 Å². The van der Waals surface area contributed by atoms with Crippen LogP contribution in [-0.2, 0) is 12.8 Å². The SMILES string of the molecule is C=C(Cc1ccc(CC)cc1)c1ccccc1. The average molecular weight is 222 g/mol. The third-order valence-electron chi connectivity index (χ3n) is 3.03. The first-order chi connectivity index (χ1) is 8.29. The molecule has 0 aliphatic heterocycles.